The normalized spacial score (nSPS) is 14.9. The zero-order chi connectivity index (χ0) is 18.8. The summed E-state index contributed by atoms with van der Waals surface area (Å²) in [7, 11) is 0. The summed E-state index contributed by atoms with van der Waals surface area (Å²) in [5, 5.41) is 9.95. The molecule has 0 atom stereocenters. The van der Waals surface area contributed by atoms with Crippen molar-refractivity contribution < 1.29 is 14.6 Å². The molecule has 0 amide bonds. The molecule has 1 aliphatic heterocycles. The van der Waals surface area contributed by atoms with Gasteiger partial charge in [0.1, 0.15) is 12.4 Å². The van der Waals surface area contributed by atoms with E-state index in [0.29, 0.717) is 35.5 Å². The lowest BCUT2D eigenvalue weighted by Crippen LogP contribution is -2.49. The molecule has 1 saturated heterocycles. The molecule has 26 heavy (non-hydrogen) atoms. The summed E-state index contributed by atoms with van der Waals surface area (Å²) in [6.07, 6.45) is 0. The van der Waals surface area contributed by atoms with Gasteiger partial charge in [0, 0.05) is 25.7 Å². The minimum atomic E-state index is -0.705. The van der Waals surface area contributed by atoms with E-state index < -0.39 is 5.97 Å². The molecule has 0 bridgehead atoms. The summed E-state index contributed by atoms with van der Waals surface area (Å²) >= 11 is 11.9. The highest BCUT2D eigenvalue weighted by Crippen LogP contribution is 2.28. The van der Waals surface area contributed by atoms with Gasteiger partial charge in [-0.15, -0.1) is 0 Å². The summed E-state index contributed by atoms with van der Waals surface area (Å²) in [4.78, 5) is 13.1. The van der Waals surface area contributed by atoms with Crippen LogP contribution in [0.3, 0.4) is 0 Å². The third kappa shape index (κ3) is 4.32. The van der Waals surface area contributed by atoms with E-state index in [4.69, 9.17) is 33.0 Å². The first kappa shape index (κ1) is 19.0. The van der Waals surface area contributed by atoms with Crippen molar-refractivity contribution >= 4 is 29.2 Å². The molecule has 6 heteroatoms. The molecule has 0 unspecified atom stereocenters. The molecule has 0 saturated carbocycles. The van der Waals surface area contributed by atoms with Crippen LogP contribution in [-0.2, 0) is 17.9 Å². The number of hydrogen-bond acceptors (Lipinski definition) is 3. The van der Waals surface area contributed by atoms with E-state index in [9.17, 15) is 4.79 Å². The molecule has 0 aromatic heterocycles. The lowest BCUT2D eigenvalue weighted by Gasteiger charge is -2.36. The van der Waals surface area contributed by atoms with Gasteiger partial charge in [-0.2, -0.15) is 0 Å². The van der Waals surface area contributed by atoms with E-state index in [0.717, 1.165) is 23.2 Å². The smallest absolute Gasteiger partial charge is 0.309 e. The number of rotatable bonds is 6. The fourth-order valence-corrected chi connectivity index (χ4v) is 3.53. The molecule has 138 valence electrons. The number of carboxylic acids is 1. The molecular formula is C20H21Cl2NO3. The van der Waals surface area contributed by atoms with Gasteiger partial charge in [-0.05, 0) is 48.2 Å². The van der Waals surface area contributed by atoms with Crippen LogP contribution >= 0.6 is 23.2 Å². The number of aliphatic carboxylic acids is 1. The van der Waals surface area contributed by atoms with Gasteiger partial charge in [-0.25, -0.2) is 0 Å². The first-order chi connectivity index (χ1) is 12.3. The topological polar surface area (TPSA) is 49.8 Å². The largest absolute Gasteiger partial charge is 0.489 e. The Morgan fingerprint density at radius 2 is 1.81 bits per heavy atom. The molecule has 0 spiro atoms. The Kier molecular flexibility index (Phi) is 5.76. The number of benzene rings is 2. The third-order valence-corrected chi connectivity index (χ3v) is 5.48. The lowest BCUT2D eigenvalue weighted by molar-refractivity contribution is -0.147. The van der Waals surface area contributed by atoms with Gasteiger partial charge in [0.15, 0.2) is 0 Å². The van der Waals surface area contributed by atoms with Crippen molar-refractivity contribution in [3.63, 3.8) is 0 Å². The number of carboxylic acid groups (broad SMARTS) is 1. The Morgan fingerprint density at radius 1 is 1.15 bits per heavy atom. The minimum Gasteiger partial charge on any atom is -0.489 e. The lowest BCUT2D eigenvalue weighted by atomic mass is 9.96. The highest BCUT2D eigenvalue weighted by molar-refractivity contribution is 6.42. The van der Waals surface area contributed by atoms with Crippen molar-refractivity contribution in [2.24, 2.45) is 5.92 Å². The van der Waals surface area contributed by atoms with Crippen LogP contribution in [0.1, 0.15) is 22.3 Å². The fourth-order valence-electron chi connectivity index (χ4n) is 3.24. The van der Waals surface area contributed by atoms with E-state index in [-0.39, 0.29) is 5.92 Å². The van der Waals surface area contributed by atoms with Gasteiger partial charge >= 0.3 is 5.97 Å². The van der Waals surface area contributed by atoms with Gasteiger partial charge < -0.3 is 9.84 Å². The zero-order valence-corrected chi connectivity index (χ0v) is 16.3. The molecule has 1 N–H and O–H groups in total. The van der Waals surface area contributed by atoms with Crippen molar-refractivity contribution in [2.75, 3.05) is 13.1 Å². The van der Waals surface area contributed by atoms with Crippen molar-refractivity contribution in [1.82, 2.24) is 4.90 Å². The van der Waals surface area contributed by atoms with Gasteiger partial charge in [0.05, 0.1) is 16.0 Å². The van der Waals surface area contributed by atoms with E-state index in [1.165, 1.54) is 5.56 Å². The Balaban J connectivity index is 1.63. The Morgan fingerprint density at radius 3 is 2.38 bits per heavy atom. The number of halogens is 2. The van der Waals surface area contributed by atoms with E-state index >= 15 is 0 Å². The van der Waals surface area contributed by atoms with Gasteiger partial charge in [-0.1, -0.05) is 35.3 Å². The fraction of sp³-hybridized carbons (Fsp3) is 0.350. The number of aryl methyl sites for hydroxylation is 2. The standard InChI is InChI=1S/C20H21Cl2NO3/c1-12-5-14(8-23-9-15(10-23)20(24)25)6-13(2)17(12)11-26-16-3-4-18(21)19(22)7-16/h3-7,15H,8-11H2,1-2H3,(H,24,25). The summed E-state index contributed by atoms with van der Waals surface area (Å²) in [6, 6.07) is 9.53. The van der Waals surface area contributed by atoms with Crippen LogP contribution in [0.15, 0.2) is 30.3 Å². The van der Waals surface area contributed by atoms with Crippen LogP contribution in [0.2, 0.25) is 10.0 Å². The molecule has 0 aliphatic carbocycles. The van der Waals surface area contributed by atoms with Crippen LogP contribution in [0.5, 0.6) is 5.75 Å². The number of hydrogen-bond donors (Lipinski definition) is 1. The number of nitrogens with zero attached hydrogens (tertiary/aromatic N) is 1. The highest BCUT2D eigenvalue weighted by Gasteiger charge is 2.32. The highest BCUT2D eigenvalue weighted by atomic mass is 35.5. The molecule has 1 aliphatic rings. The van der Waals surface area contributed by atoms with Crippen LogP contribution < -0.4 is 4.74 Å². The Bertz CT molecular complexity index is 809. The SMILES string of the molecule is Cc1cc(CN2CC(C(=O)O)C2)cc(C)c1COc1ccc(Cl)c(Cl)c1. The number of likely N-dealkylation sites (tertiary alicyclic amines) is 1. The van der Waals surface area contributed by atoms with E-state index in [1.54, 1.807) is 18.2 Å². The van der Waals surface area contributed by atoms with Gasteiger partial charge in [0.2, 0.25) is 0 Å². The minimum absolute atomic E-state index is 0.226. The second-order valence-electron chi connectivity index (χ2n) is 6.80. The second kappa shape index (κ2) is 7.87. The van der Waals surface area contributed by atoms with E-state index in [1.807, 2.05) is 0 Å². The maximum absolute atomic E-state index is 10.9. The van der Waals surface area contributed by atoms with Crippen molar-refractivity contribution in [2.45, 2.75) is 27.0 Å². The molecule has 3 rings (SSSR count). The number of carbonyl (C=O) groups is 1. The zero-order valence-electron chi connectivity index (χ0n) is 14.8. The summed E-state index contributed by atoms with van der Waals surface area (Å²) in [6.45, 7) is 6.62. The first-order valence-corrected chi connectivity index (χ1v) is 9.21. The summed E-state index contributed by atoms with van der Waals surface area (Å²) in [5.74, 6) is -0.248. The van der Waals surface area contributed by atoms with Gasteiger partial charge in [-0.3, -0.25) is 9.69 Å². The maximum atomic E-state index is 10.9. The average molecular weight is 394 g/mol. The monoisotopic (exact) mass is 393 g/mol. The van der Waals surface area contributed by atoms with Crippen LogP contribution in [-0.4, -0.2) is 29.1 Å². The van der Waals surface area contributed by atoms with E-state index in [2.05, 4.69) is 30.9 Å². The third-order valence-electron chi connectivity index (χ3n) is 4.74. The van der Waals surface area contributed by atoms with Crippen molar-refractivity contribution in [1.29, 1.82) is 0 Å². The summed E-state index contributed by atoms with van der Waals surface area (Å²) in [5.41, 5.74) is 4.67. The molecule has 1 heterocycles. The summed E-state index contributed by atoms with van der Waals surface area (Å²) < 4.78 is 5.86. The number of ether oxygens (including phenoxy) is 1. The molecular weight excluding hydrogens is 373 g/mol. The predicted octanol–water partition coefficient (Wildman–Crippen LogP) is 4.71. The first-order valence-electron chi connectivity index (χ1n) is 8.45. The molecule has 2 aromatic rings. The molecule has 0 radical (unpaired) electrons. The van der Waals surface area contributed by atoms with Crippen LogP contribution in [0.25, 0.3) is 0 Å². The van der Waals surface area contributed by atoms with Crippen LogP contribution in [0.4, 0.5) is 0 Å². The van der Waals surface area contributed by atoms with Crippen molar-refractivity contribution in [3.8, 4) is 5.75 Å². The maximum Gasteiger partial charge on any atom is 0.309 e. The Hall–Kier alpha value is -1.75. The van der Waals surface area contributed by atoms with Crippen molar-refractivity contribution in [3.05, 3.63) is 62.6 Å². The van der Waals surface area contributed by atoms with Crippen LogP contribution in [0, 0.1) is 19.8 Å². The molecule has 2 aromatic carbocycles. The van der Waals surface area contributed by atoms with Gasteiger partial charge in [0.25, 0.3) is 0 Å². The Labute approximate surface area is 163 Å². The second-order valence-corrected chi connectivity index (χ2v) is 7.62. The average Bonchev–Trinajstić information content (AvgIpc) is 2.52. The quantitative estimate of drug-likeness (QED) is 0.771. The molecule has 4 nitrogen and oxygen atoms in total. The molecule has 1 fully saturated rings. The predicted molar refractivity (Wildman–Crippen MR) is 103 cm³/mol.